The molecule has 0 bridgehead atoms. The van der Waals surface area contributed by atoms with Gasteiger partial charge in [-0.3, -0.25) is 4.79 Å². The number of methoxy groups -OCH3 is 1. The number of carbonyl (C=O) groups excluding carboxylic acids is 2. The SMILES string of the molecule is COC(=O)/C=C/[C@H]1[C@@H](C(=O)OCc2cnc(Oc3ccccc3)s2)C1(C)C. The van der Waals surface area contributed by atoms with E-state index in [0.717, 1.165) is 4.88 Å². The van der Waals surface area contributed by atoms with Crippen LogP contribution in [0.2, 0.25) is 0 Å². The Morgan fingerprint density at radius 2 is 2.00 bits per heavy atom. The molecular weight excluding hydrogens is 366 g/mol. The van der Waals surface area contributed by atoms with E-state index in [4.69, 9.17) is 9.47 Å². The van der Waals surface area contributed by atoms with E-state index in [1.54, 1.807) is 12.3 Å². The number of carbonyl (C=O) groups is 2. The number of benzene rings is 1. The lowest BCUT2D eigenvalue weighted by molar-refractivity contribution is -0.147. The first kappa shape index (κ1) is 19.1. The van der Waals surface area contributed by atoms with Crippen LogP contribution in [0, 0.1) is 17.3 Å². The van der Waals surface area contributed by atoms with Crippen LogP contribution in [0.15, 0.2) is 48.7 Å². The Kier molecular flexibility index (Phi) is 5.60. The Hall–Kier alpha value is -2.67. The maximum absolute atomic E-state index is 12.4. The quantitative estimate of drug-likeness (QED) is 0.528. The first-order valence-electron chi connectivity index (χ1n) is 8.52. The molecule has 0 radical (unpaired) electrons. The van der Waals surface area contributed by atoms with Gasteiger partial charge in [-0.1, -0.05) is 49.5 Å². The fourth-order valence-corrected chi connectivity index (χ4v) is 3.65. The highest BCUT2D eigenvalue weighted by Gasteiger charge is 2.61. The molecule has 1 heterocycles. The Morgan fingerprint density at radius 3 is 2.70 bits per heavy atom. The van der Waals surface area contributed by atoms with Crippen LogP contribution in [0.25, 0.3) is 0 Å². The van der Waals surface area contributed by atoms with Crippen LogP contribution in [-0.4, -0.2) is 24.0 Å². The van der Waals surface area contributed by atoms with Crippen LogP contribution in [0.1, 0.15) is 18.7 Å². The predicted octanol–water partition coefficient (Wildman–Crippen LogP) is 3.98. The predicted molar refractivity (Wildman–Crippen MR) is 100 cm³/mol. The van der Waals surface area contributed by atoms with E-state index < -0.39 is 5.97 Å². The summed E-state index contributed by atoms with van der Waals surface area (Å²) < 4.78 is 15.7. The van der Waals surface area contributed by atoms with Gasteiger partial charge in [0.05, 0.1) is 17.9 Å². The minimum Gasteiger partial charge on any atom is -0.466 e. The molecule has 0 spiro atoms. The summed E-state index contributed by atoms with van der Waals surface area (Å²) in [4.78, 5) is 28.6. The summed E-state index contributed by atoms with van der Waals surface area (Å²) in [6.07, 6.45) is 4.72. The van der Waals surface area contributed by atoms with Gasteiger partial charge in [0.2, 0.25) is 0 Å². The van der Waals surface area contributed by atoms with Crippen molar-refractivity contribution in [3.05, 3.63) is 53.6 Å². The first-order valence-corrected chi connectivity index (χ1v) is 9.34. The summed E-state index contributed by atoms with van der Waals surface area (Å²) in [5.41, 5.74) is -0.239. The Balaban J connectivity index is 1.52. The Bertz CT molecular complexity index is 843. The van der Waals surface area contributed by atoms with Crippen molar-refractivity contribution >= 4 is 23.3 Å². The summed E-state index contributed by atoms with van der Waals surface area (Å²) in [6, 6.07) is 9.37. The molecule has 1 fully saturated rings. The molecule has 2 atom stereocenters. The molecule has 0 saturated heterocycles. The second-order valence-corrected chi connectivity index (χ2v) is 7.90. The smallest absolute Gasteiger partial charge is 0.330 e. The van der Waals surface area contributed by atoms with E-state index in [9.17, 15) is 9.59 Å². The van der Waals surface area contributed by atoms with Crippen LogP contribution >= 0.6 is 11.3 Å². The molecule has 1 aromatic heterocycles. The zero-order valence-corrected chi connectivity index (χ0v) is 16.2. The normalized spacial score (nSPS) is 20.3. The second kappa shape index (κ2) is 7.92. The van der Waals surface area contributed by atoms with Crippen molar-refractivity contribution < 1.29 is 23.8 Å². The number of thiazole rings is 1. The number of para-hydroxylation sites is 1. The van der Waals surface area contributed by atoms with Gasteiger partial charge in [0.25, 0.3) is 5.19 Å². The van der Waals surface area contributed by atoms with Gasteiger partial charge in [0.1, 0.15) is 12.4 Å². The van der Waals surface area contributed by atoms with Gasteiger partial charge in [-0.15, -0.1) is 0 Å². The lowest BCUT2D eigenvalue weighted by Gasteiger charge is -2.04. The molecule has 1 aliphatic carbocycles. The number of nitrogens with zero attached hydrogens (tertiary/aromatic N) is 1. The zero-order chi connectivity index (χ0) is 19.4. The van der Waals surface area contributed by atoms with E-state index in [1.165, 1.54) is 24.5 Å². The molecule has 6 nitrogen and oxygen atoms in total. The van der Waals surface area contributed by atoms with E-state index in [-0.39, 0.29) is 29.8 Å². The molecule has 1 saturated carbocycles. The van der Waals surface area contributed by atoms with E-state index in [2.05, 4.69) is 9.72 Å². The number of aromatic nitrogens is 1. The van der Waals surface area contributed by atoms with Crippen molar-refractivity contribution in [1.82, 2.24) is 4.98 Å². The number of esters is 2. The number of allylic oxidation sites excluding steroid dienone is 1. The minimum absolute atomic E-state index is 0.0393. The molecular formula is C20H21NO5S. The molecule has 1 aliphatic rings. The van der Waals surface area contributed by atoms with Crippen molar-refractivity contribution in [2.75, 3.05) is 7.11 Å². The van der Waals surface area contributed by atoms with Gasteiger partial charge in [-0.25, -0.2) is 9.78 Å². The van der Waals surface area contributed by atoms with E-state index >= 15 is 0 Å². The van der Waals surface area contributed by atoms with Gasteiger partial charge in [-0.05, 0) is 23.5 Å². The van der Waals surface area contributed by atoms with Gasteiger partial charge in [-0.2, -0.15) is 0 Å². The number of hydrogen-bond acceptors (Lipinski definition) is 7. The first-order chi connectivity index (χ1) is 12.9. The average Bonchev–Trinajstić information content (AvgIpc) is 2.98. The van der Waals surface area contributed by atoms with Crippen molar-refractivity contribution in [3.8, 4) is 10.9 Å². The third-order valence-corrected chi connectivity index (χ3v) is 5.49. The van der Waals surface area contributed by atoms with Crippen molar-refractivity contribution in [2.45, 2.75) is 20.5 Å². The monoisotopic (exact) mass is 387 g/mol. The van der Waals surface area contributed by atoms with E-state index in [0.29, 0.717) is 10.9 Å². The van der Waals surface area contributed by atoms with Gasteiger partial charge >= 0.3 is 11.9 Å². The van der Waals surface area contributed by atoms with Crippen molar-refractivity contribution in [3.63, 3.8) is 0 Å². The molecule has 1 aromatic carbocycles. The van der Waals surface area contributed by atoms with Crippen LogP contribution in [0.5, 0.6) is 10.9 Å². The third kappa shape index (κ3) is 4.54. The third-order valence-electron chi connectivity index (χ3n) is 4.64. The maximum Gasteiger partial charge on any atom is 0.330 e. The highest BCUT2D eigenvalue weighted by molar-refractivity contribution is 7.13. The molecule has 3 rings (SSSR count). The van der Waals surface area contributed by atoms with Crippen LogP contribution in [-0.2, 0) is 25.7 Å². The topological polar surface area (TPSA) is 74.7 Å². The molecule has 7 heteroatoms. The summed E-state index contributed by atoms with van der Waals surface area (Å²) in [7, 11) is 1.32. The standard InChI is InChI=1S/C20H21NO5S/c1-20(2)15(9-10-16(22)24-3)17(20)18(23)25-12-14-11-21-19(27-14)26-13-7-5-4-6-8-13/h4-11,15,17H,12H2,1-3H3/b10-9+/t15-,17-/m0/s1. The largest absolute Gasteiger partial charge is 0.466 e. The number of rotatable bonds is 7. The summed E-state index contributed by atoms with van der Waals surface area (Å²) in [5.74, 6) is -0.317. The molecule has 142 valence electrons. The van der Waals surface area contributed by atoms with Crippen molar-refractivity contribution in [2.24, 2.45) is 17.3 Å². The minimum atomic E-state index is -0.430. The average molecular weight is 387 g/mol. The van der Waals surface area contributed by atoms with Gasteiger partial charge in [0, 0.05) is 12.3 Å². The fourth-order valence-electron chi connectivity index (χ4n) is 2.96. The summed E-state index contributed by atoms with van der Waals surface area (Å²) in [6.45, 7) is 4.10. The van der Waals surface area contributed by atoms with Gasteiger partial charge < -0.3 is 14.2 Å². The van der Waals surface area contributed by atoms with Crippen molar-refractivity contribution in [1.29, 1.82) is 0 Å². The lowest BCUT2D eigenvalue weighted by atomic mass is 10.1. The molecule has 0 unspecified atom stereocenters. The molecule has 0 amide bonds. The van der Waals surface area contributed by atoms with Crippen LogP contribution < -0.4 is 4.74 Å². The Labute approximate surface area is 161 Å². The van der Waals surface area contributed by atoms with E-state index in [1.807, 2.05) is 44.2 Å². The number of ether oxygens (including phenoxy) is 3. The molecule has 2 aromatic rings. The second-order valence-electron chi connectivity index (χ2n) is 6.82. The molecule has 0 aliphatic heterocycles. The Morgan fingerprint density at radius 1 is 1.26 bits per heavy atom. The fraction of sp³-hybridized carbons (Fsp3) is 0.350. The molecule has 0 N–H and O–H groups in total. The highest BCUT2D eigenvalue weighted by Crippen LogP contribution is 2.59. The van der Waals surface area contributed by atoms with Gasteiger partial charge in [0.15, 0.2) is 0 Å². The summed E-state index contributed by atoms with van der Waals surface area (Å²) in [5, 5.41) is 0.498. The van der Waals surface area contributed by atoms with Crippen LogP contribution in [0.3, 0.4) is 0 Å². The highest BCUT2D eigenvalue weighted by atomic mass is 32.1. The summed E-state index contributed by atoms with van der Waals surface area (Å²) >= 11 is 1.33. The molecule has 27 heavy (non-hydrogen) atoms. The maximum atomic E-state index is 12.4. The number of hydrogen-bond donors (Lipinski definition) is 0. The zero-order valence-electron chi connectivity index (χ0n) is 15.4. The van der Waals surface area contributed by atoms with Crippen LogP contribution in [0.4, 0.5) is 0 Å². The lowest BCUT2D eigenvalue weighted by Crippen LogP contribution is -2.10.